The Kier molecular flexibility index (Phi) is 3.78. The summed E-state index contributed by atoms with van der Waals surface area (Å²) in [5.74, 6) is 0.858. The average molecular weight is 183 g/mol. The van der Waals surface area contributed by atoms with Crippen LogP contribution in [0.2, 0.25) is 0 Å². The minimum absolute atomic E-state index is 0.588. The van der Waals surface area contributed by atoms with Crippen LogP contribution in [-0.2, 0) is 0 Å². The van der Waals surface area contributed by atoms with Crippen molar-refractivity contribution >= 4 is 0 Å². The molecule has 2 atom stereocenters. The van der Waals surface area contributed by atoms with Crippen molar-refractivity contribution in [2.45, 2.75) is 59.4 Å². The molecule has 1 saturated carbocycles. The number of hydrogen-bond acceptors (Lipinski definition) is 1. The summed E-state index contributed by atoms with van der Waals surface area (Å²) >= 11 is 0. The summed E-state index contributed by atoms with van der Waals surface area (Å²) in [6, 6.07) is 0.802. The zero-order chi connectivity index (χ0) is 9.90. The predicted octanol–water partition coefficient (Wildman–Crippen LogP) is 3.20. The molecule has 0 amide bonds. The molecule has 0 aromatic carbocycles. The summed E-state index contributed by atoms with van der Waals surface area (Å²) in [6.45, 7) is 10.5. The van der Waals surface area contributed by atoms with Gasteiger partial charge in [0.15, 0.2) is 0 Å². The third-order valence-electron chi connectivity index (χ3n) is 3.28. The normalized spacial score (nSPS) is 27.2. The van der Waals surface area contributed by atoms with Crippen LogP contribution in [0.4, 0.5) is 0 Å². The lowest BCUT2D eigenvalue weighted by molar-refractivity contribution is 0.440. The molecule has 78 valence electrons. The second-order valence-corrected chi connectivity index (χ2v) is 5.40. The van der Waals surface area contributed by atoms with Gasteiger partial charge >= 0.3 is 0 Å². The topological polar surface area (TPSA) is 12.0 Å². The van der Waals surface area contributed by atoms with E-state index in [1.54, 1.807) is 0 Å². The maximum Gasteiger partial charge on any atom is 0.0125 e. The molecule has 1 heteroatoms. The van der Waals surface area contributed by atoms with E-state index in [0.29, 0.717) is 5.41 Å². The first kappa shape index (κ1) is 11.0. The van der Waals surface area contributed by atoms with Crippen LogP contribution in [0.15, 0.2) is 0 Å². The highest BCUT2D eigenvalue weighted by Crippen LogP contribution is 2.44. The third-order valence-corrected chi connectivity index (χ3v) is 3.28. The van der Waals surface area contributed by atoms with Crippen LogP contribution >= 0.6 is 0 Å². The quantitative estimate of drug-likeness (QED) is 0.667. The molecule has 1 aliphatic rings. The summed E-state index contributed by atoms with van der Waals surface area (Å²) in [6.07, 6.45) is 5.47. The lowest BCUT2D eigenvalue weighted by atomic mass is 10.0. The molecule has 1 N–H and O–H groups in total. The Morgan fingerprint density at radius 1 is 1.46 bits per heavy atom. The molecule has 0 saturated heterocycles. The largest absolute Gasteiger partial charge is 0.313 e. The summed E-state index contributed by atoms with van der Waals surface area (Å²) < 4.78 is 0. The van der Waals surface area contributed by atoms with Crippen molar-refractivity contribution in [3.05, 3.63) is 0 Å². The van der Waals surface area contributed by atoms with Gasteiger partial charge in [-0.3, -0.25) is 0 Å². The molecule has 1 aliphatic carbocycles. The Balaban J connectivity index is 2.00. The van der Waals surface area contributed by atoms with Gasteiger partial charge in [-0.2, -0.15) is 0 Å². The van der Waals surface area contributed by atoms with Gasteiger partial charge in [-0.1, -0.05) is 40.5 Å². The van der Waals surface area contributed by atoms with Crippen LogP contribution in [0.5, 0.6) is 0 Å². The molecule has 0 bridgehead atoms. The second kappa shape index (κ2) is 4.45. The van der Waals surface area contributed by atoms with Crippen molar-refractivity contribution in [1.82, 2.24) is 5.32 Å². The van der Waals surface area contributed by atoms with Crippen molar-refractivity contribution in [2.24, 2.45) is 11.3 Å². The molecule has 2 unspecified atom stereocenters. The first-order chi connectivity index (χ1) is 6.06. The van der Waals surface area contributed by atoms with E-state index >= 15 is 0 Å². The second-order valence-electron chi connectivity index (χ2n) is 5.40. The summed E-state index contributed by atoms with van der Waals surface area (Å²) in [5, 5.41) is 3.66. The minimum atomic E-state index is 0.588. The van der Waals surface area contributed by atoms with E-state index in [9.17, 15) is 0 Å². The Labute approximate surface area is 83.3 Å². The van der Waals surface area contributed by atoms with Crippen molar-refractivity contribution < 1.29 is 0 Å². The molecule has 0 aromatic rings. The van der Waals surface area contributed by atoms with E-state index < -0.39 is 0 Å². The van der Waals surface area contributed by atoms with Gasteiger partial charge in [-0.05, 0) is 30.7 Å². The number of rotatable bonds is 6. The molecule has 0 spiro atoms. The molecule has 1 fully saturated rings. The first-order valence-corrected chi connectivity index (χ1v) is 5.79. The van der Waals surface area contributed by atoms with Crippen molar-refractivity contribution in [1.29, 1.82) is 0 Å². The van der Waals surface area contributed by atoms with Crippen molar-refractivity contribution in [3.63, 3.8) is 0 Å². The van der Waals surface area contributed by atoms with Gasteiger partial charge in [0, 0.05) is 6.04 Å². The summed E-state index contributed by atoms with van der Waals surface area (Å²) in [5.41, 5.74) is 0.588. The van der Waals surface area contributed by atoms with Crippen LogP contribution in [0.1, 0.15) is 53.4 Å². The summed E-state index contributed by atoms with van der Waals surface area (Å²) in [4.78, 5) is 0. The fourth-order valence-electron chi connectivity index (χ4n) is 1.81. The lowest BCUT2D eigenvalue weighted by Gasteiger charge is -2.12. The average Bonchev–Trinajstić information content (AvgIpc) is 2.67. The highest BCUT2D eigenvalue weighted by Gasteiger charge is 2.44. The smallest absolute Gasteiger partial charge is 0.0125 e. The van der Waals surface area contributed by atoms with Gasteiger partial charge in [-0.25, -0.2) is 0 Å². The lowest BCUT2D eigenvalue weighted by Crippen LogP contribution is -2.26. The van der Waals surface area contributed by atoms with Crippen molar-refractivity contribution in [2.75, 3.05) is 6.54 Å². The zero-order valence-corrected chi connectivity index (χ0v) is 9.69. The number of hydrogen-bond donors (Lipinski definition) is 1. The van der Waals surface area contributed by atoms with Crippen LogP contribution in [0.25, 0.3) is 0 Å². The van der Waals surface area contributed by atoms with Gasteiger partial charge in [0.05, 0.1) is 0 Å². The van der Waals surface area contributed by atoms with E-state index in [2.05, 4.69) is 33.0 Å². The molecule has 0 aromatic heterocycles. The summed E-state index contributed by atoms with van der Waals surface area (Å²) in [7, 11) is 0. The molecule has 13 heavy (non-hydrogen) atoms. The molecular weight excluding hydrogens is 158 g/mol. The minimum Gasteiger partial charge on any atom is -0.313 e. The highest BCUT2D eigenvalue weighted by atomic mass is 15.0. The fraction of sp³-hybridized carbons (Fsp3) is 1.00. The molecule has 0 radical (unpaired) electrons. The van der Waals surface area contributed by atoms with E-state index in [1.807, 2.05) is 0 Å². The molecule has 1 nitrogen and oxygen atoms in total. The maximum atomic E-state index is 3.66. The molecule has 1 rings (SSSR count). The maximum absolute atomic E-state index is 3.66. The Bertz CT molecular complexity index is 151. The van der Waals surface area contributed by atoms with Gasteiger partial charge in [0.1, 0.15) is 0 Å². The first-order valence-electron chi connectivity index (χ1n) is 5.79. The molecular formula is C12H25N. The highest BCUT2D eigenvalue weighted by molar-refractivity contribution is 5.01. The fourth-order valence-corrected chi connectivity index (χ4v) is 1.81. The van der Waals surface area contributed by atoms with Crippen LogP contribution in [-0.4, -0.2) is 12.6 Å². The van der Waals surface area contributed by atoms with Crippen LogP contribution < -0.4 is 5.32 Å². The van der Waals surface area contributed by atoms with Gasteiger partial charge in [-0.15, -0.1) is 0 Å². The van der Waals surface area contributed by atoms with Crippen LogP contribution in [0, 0.1) is 11.3 Å². The monoisotopic (exact) mass is 183 g/mol. The van der Waals surface area contributed by atoms with Crippen LogP contribution in [0.3, 0.4) is 0 Å². The third kappa shape index (κ3) is 3.68. The number of unbranched alkanes of at least 4 members (excludes halogenated alkanes) is 1. The van der Waals surface area contributed by atoms with E-state index in [0.717, 1.165) is 12.0 Å². The van der Waals surface area contributed by atoms with E-state index in [4.69, 9.17) is 0 Å². The van der Waals surface area contributed by atoms with E-state index in [1.165, 1.54) is 32.2 Å². The zero-order valence-electron chi connectivity index (χ0n) is 9.69. The van der Waals surface area contributed by atoms with Gasteiger partial charge in [0.25, 0.3) is 0 Å². The molecule has 0 heterocycles. The molecule has 0 aliphatic heterocycles. The standard InChI is InChI=1S/C12H25N/c1-5-6-7-10(2)9-13-11-8-12(11,3)4/h10-11,13H,5-9H2,1-4H3. The van der Waals surface area contributed by atoms with E-state index in [-0.39, 0.29) is 0 Å². The number of nitrogens with one attached hydrogen (secondary N) is 1. The van der Waals surface area contributed by atoms with Gasteiger partial charge < -0.3 is 5.32 Å². The Hall–Kier alpha value is -0.0400. The SMILES string of the molecule is CCCCC(C)CNC1CC1(C)C. The van der Waals surface area contributed by atoms with Crippen molar-refractivity contribution in [3.8, 4) is 0 Å². The Morgan fingerprint density at radius 3 is 2.54 bits per heavy atom. The van der Waals surface area contributed by atoms with Gasteiger partial charge in [0.2, 0.25) is 0 Å². The Morgan fingerprint density at radius 2 is 2.08 bits per heavy atom. The predicted molar refractivity (Wildman–Crippen MR) is 58.9 cm³/mol.